The van der Waals surface area contributed by atoms with Gasteiger partial charge >= 0.3 is 0 Å². The Bertz CT molecular complexity index is 1840. The summed E-state index contributed by atoms with van der Waals surface area (Å²) in [6, 6.07) is 14.9. The quantitative estimate of drug-likeness (QED) is 0.185. The lowest BCUT2D eigenvalue weighted by atomic mass is 9.89. The molecule has 13 nitrogen and oxygen atoms in total. The van der Waals surface area contributed by atoms with E-state index in [-0.39, 0.29) is 18.2 Å². The highest BCUT2D eigenvalue weighted by Gasteiger charge is 2.36. The Morgan fingerprint density at radius 1 is 0.896 bits per heavy atom. The lowest BCUT2D eigenvalue weighted by molar-refractivity contribution is 0.00699. The molecule has 3 unspecified atom stereocenters. The smallest absolute Gasteiger partial charge is 0.138 e. The minimum Gasteiger partial charge on any atom is -0.487 e. The fourth-order valence-electron chi connectivity index (χ4n) is 6.21. The zero-order valence-corrected chi connectivity index (χ0v) is 28.2. The van der Waals surface area contributed by atoms with Crippen LogP contribution in [0.3, 0.4) is 0 Å². The summed E-state index contributed by atoms with van der Waals surface area (Å²) in [5, 5.41) is 12.1. The standard InChI is InChI=1S/C35H45N11O2/c1-43(2)13-15-45-19-26(36-23-45)21-47-28-9-11-30-32(17-28)39-34(37-30)24-5-7-25(8-6-24)35-38-31-12-10-29(18-33(31)40-35)48-22-27-20-46(42-41-27)16-14-44(3)4/h5-8,10,12,18-20,23,28,30,32H,9,11,13-17,21-22H2,1-4H3,(H,37,39)(H,38,40). The van der Waals surface area contributed by atoms with Crippen molar-refractivity contribution in [2.24, 2.45) is 4.99 Å². The largest absolute Gasteiger partial charge is 0.487 e. The first-order valence-corrected chi connectivity index (χ1v) is 16.7. The van der Waals surface area contributed by atoms with Crippen molar-refractivity contribution < 1.29 is 9.47 Å². The summed E-state index contributed by atoms with van der Waals surface area (Å²) in [7, 11) is 8.25. The Kier molecular flexibility index (Phi) is 9.50. The van der Waals surface area contributed by atoms with Crippen LogP contribution in [0.15, 0.2) is 66.2 Å². The number of aromatic amines is 1. The van der Waals surface area contributed by atoms with Gasteiger partial charge in [0.15, 0.2) is 0 Å². The van der Waals surface area contributed by atoms with Crippen molar-refractivity contribution in [2.45, 2.75) is 63.8 Å². The van der Waals surface area contributed by atoms with Crippen LogP contribution >= 0.6 is 0 Å². The van der Waals surface area contributed by atoms with E-state index in [0.717, 1.165) is 96.4 Å². The van der Waals surface area contributed by atoms with Crippen molar-refractivity contribution in [2.75, 3.05) is 41.3 Å². The molecule has 4 heterocycles. The highest BCUT2D eigenvalue weighted by Crippen LogP contribution is 2.30. The second-order valence-electron chi connectivity index (χ2n) is 13.4. The van der Waals surface area contributed by atoms with Crippen LogP contribution in [0.1, 0.15) is 36.2 Å². The number of nitrogens with one attached hydrogen (secondary N) is 2. The summed E-state index contributed by atoms with van der Waals surface area (Å²) in [6.07, 6.45) is 9.09. The highest BCUT2D eigenvalue weighted by atomic mass is 16.5. The van der Waals surface area contributed by atoms with E-state index in [4.69, 9.17) is 19.5 Å². The maximum Gasteiger partial charge on any atom is 0.138 e. The molecule has 3 atom stereocenters. The molecule has 3 aromatic heterocycles. The van der Waals surface area contributed by atoms with Crippen LogP contribution in [0.25, 0.3) is 22.4 Å². The van der Waals surface area contributed by atoms with Crippen molar-refractivity contribution in [3.63, 3.8) is 0 Å². The van der Waals surface area contributed by atoms with E-state index >= 15 is 0 Å². The lowest BCUT2D eigenvalue weighted by Gasteiger charge is -2.30. The van der Waals surface area contributed by atoms with Gasteiger partial charge in [-0.3, -0.25) is 9.67 Å². The second kappa shape index (κ2) is 14.3. The average Bonchev–Trinajstić information content (AvgIpc) is 3.90. The number of hydrogen-bond donors (Lipinski definition) is 2. The monoisotopic (exact) mass is 651 g/mol. The lowest BCUT2D eigenvalue weighted by Crippen LogP contribution is -2.42. The summed E-state index contributed by atoms with van der Waals surface area (Å²) in [4.78, 5) is 22.2. The number of imidazole rings is 2. The van der Waals surface area contributed by atoms with E-state index in [9.17, 15) is 0 Å². The van der Waals surface area contributed by atoms with Gasteiger partial charge in [-0.2, -0.15) is 0 Å². The third-order valence-corrected chi connectivity index (χ3v) is 8.98. The highest BCUT2D eigenvalue weighted by molar-refractivity contribution is 6.00. The molecule has 0 amide bonds. The van der Waals surface area contributed by atoms with Crippen LogP contribution in [0.4, 0.5) is 0 Å². The zero-order chi connectivity index (χ0) is 33.0. The molecule has 0 radical (unpaired) electrons. The number of aromatic nitrogens is 7. The van der Waals surface area contributed by atoms with Gasteiger partial charge in [-0.25, -0.2) is 9.97 Å². The van der Waals surface area contributed by atoms with Crippen LogP contribution < -0.4 is 10.1 Å². The molecule has 1 fully saturated rings. The topological polar surface area (TPSA) is 127 Å². The van der Waals surface area contributed by atoms with Gasteiger partial charge in [0.2, 0.25) is 0 Å². The molecular weight excluding hydrogens is 606 g/mol. The van der Waals surface area contributed by atoms with E-state index < -0.39 is 0 Å². The molecule has 0 saturated heterocycles. The normalized spacial score (nSPS) is 19.2. The molecular formula is C35H45N11O2. The second-order valence-corrected chi connectivity index (χ2v) is 13.4. The number of rotatable bonds is 14. The van der Waals surface area contributed by atoms with Crippen LogP contribution in [-0.4, -0.2) is 110 Å². The Labute approximate surface area is 281 Å². The molecule has 0 spiro atoms. The summed E-state index contributed by atoms with van der Waals surface area (Å²) in [5.41, 5.74) is 5.68. The average molecular weight is 652 g/mol. The Morgan fingerprint density at radius 3 is 2.54 bits per heavy atom. The van der Waals surface area contributed by atoms with Crippen molar-refractivity contribution in [3.8, 4) is 17.1 Å². The molecule has 13 heteroatoms. The molecule has 1 aliphatic carbocycles. The van der Waals surface area contributed by atoms with Crippen LogP contribution in [0, 0.1) is 0 Å². The van der Waals surface area contributed by atoms with Crippen molar-refractivity contribution in [3.05, 3.63) is 78.1 Å². The maximum atomic E-state index is 6.30. The van der Waals surface area contributed by atoms with Crippen molar-refractivity contribution in [1.82, 2.24) is 49.6 Å². The van der Waals surface area contributed by atoms with E-state index in [1.54, 1.807) is 0 Å². The molecule has 2 aliphatic rings. The number of likely N-dealkylation sites (N-methyl/N-ethyl adjacent to an activating group) is 2. The van der Waals surface area contributed by atoms with Gasteiger partial charge in [0, 0.05) is 43.0 Å². The van der Waals surface area contributed by atoms with Gasteiger partial charge in [-0.15, -0.1) is 5.10 Å². The minimum absolute atomic E-state index is 0.204. The van der Waals surface area contributed by atoms with Gasteiger partial charge < -0.3 is 34.1 Å². The predicted molar refractivity (Wildman–Crippen MR) is 185 cm³/mol. The number of nitrogens with zero attached hydrogens (tertiary/aromatic N) is 9. The first kappa shape index (κ1) is 32.0. The number of benzene rings is 2. The fourth-order valence-corrected chi connectivity index (χ4v) is 6.21. The molecule has 2 N–H and O–H groups in total. The van der Waals surface area contributed by atoms with Crippen molar-refractivity contribution >= 4 is 16.9 Å². The zero-order valence-electron chi connectivity index (χ0n) is 28.2. The third kappa shape index (κ3) is 7.75. The fraction of sp³-hybridized carbons (Fsp3) is 0.457. The summed E-state index contributed by atoms with van der Waals surface area (Å²) < 4.78 is 16.3. The minimum atomic E-state index is 0.204. The number of hydrogen-bond acceptors (Lipinski definition) is 10. The molecule has 48 heavy (non-hydrogen) atoms. The molecule has 5 aromatic rings. The molecule has 1 saturated carbocycles. The summed E-state index contributed by atoms with van der Waals surface area (Å²) >= 11 is 0. The molecule has 7 rings (SSSR count). The number of ether oxygens (including phenoxy) is 2. The molecule has 2 aromatic carbocycles. The Hall–Kier alpha value is -4.59. The van der Waals surface area contributed by atoms with Crippen molar-refractivity contribution in [1.29, 1.82) is 0 Å². The summed E-state index contributed by atoms with van der Waals surface area (Å²) in [6.45, 7) is 4.51. The maximum absolute atomic E-state index is 6.30. The van der Waals surface area contributed by atoms with E-state index in [2.05, 4.69) is 84.5 Å². The number of H-pyrrole nitrogens is 1. The predicted octanol–water partition coefficient (Wildman–Crippen LogP) is 3.58. The molecule has 252 valence electrons. The van der Waals surface area contributed by atoms with Gasteiger partial charge in [0.25, 0.3) is 0 Å². The number of aliphatic imine (C=N–C) groups is 1. The van der Waals surface area contributed by atoms with E-state index in [1.165, 1.54) is 0 Å². The SMILES string of the molecule is CN(C)CCn1cnc(COC2CCC3N=C(c4ccc(-c5nc6ccc(OCc7cn(CCN(C)C)nn7)cc6[nH]5)cc4)NC3C2)c1. The molecule has 0 bridgehead atoms. The number of amidine groups is 1. The first-order valence-electron chi connectivity index (χ1n) is 16.7. The Morgan fingerprint density at radius 2 is 1.71 bits per heavy atom. The Balaban J connectivity index is 0.912. The van der Waals surface area contributed by atoms with E-state index in [1.807, 2.05) is 49.5 Å². The van der Waals surface area contributed by atoms with Crippen LogP contribution in [0.2, 0.25) is 0 Å². The van der Waals surface area contributed by atoms with Crippen LogP contribution in [-0.2, 0) is 31.0 Å². The third-order valence-electron chi connectivity index (χ3n) is 8.98. The number of fused-ring (bicyclic) bond motifs is 2. The van der Waals surface area contributed by atoms with Gasteiger partial charge in [-0.1, -0.05) is 29.5 Å². The van der Waals surface area contributed by atoms with Gasteiger partial charge in [-0.05, 0) is 59.6 Å². The van der Waals surface area contributed by atoms with Gasteiger partial charge in [0.05, 0.1) is 60.6 Å². The summed E-state index contributed by atoms with van der Waals surface area (Å²) in [5.74, 6) is 2.53. The van der Waals surface area contributed by atoms with E-state index in [0.29, 0.717) is 13.2 Å². The van der Waals surface area contributed by atoms with Gasteiger partial charge in [0.1, 0.15) is 29.7 Å². The van der Waals surface area contributed by atoms with Crippen LogP contribution in [0.5, 0.6) is 5.75 Å². The molecule has 1 aliphatic heterocycles. The first-order chi connectivity index (χ1) is 23.3.